The SMILES string of the molecule is COC(=O)C=C(F)C(F)(F)OC. The van der Waals surface area contributed by atoms with Crippen molar-refractivity contribution in [3.8, 4) is 0 Å². The maximum absolute atomic E-state index is 12.3. The Morgan fingerprint density at radius 3 is 2.25 bits per heavy atom. The predicted octanol–water partition coefficient (Wildman–Crippen LogP) is 1.25. The number of hydrogen-bond acceptors (Lipinski definition) is 3. The third-order valence-electron chi connectivity index (χ3n) is 0.980. The molecule has 0 aromatic heterocycles. The minimum absolute atomic E-state index is 0.0174. The number of carbonyl (C=O) groups excluding carboxylic acids is 1. The van der Waals surface area contributed by atoms with Crippen LogP contribution in [0.3, 0.4) is 0 Å². The van der Waals surface area contributed by atoms with E-state index in [4.69, 9.17) is 0 Å². The van der Waals surface area contributed by atoms with Gasteiger partial charge >= 0.3 is 12.1 Å². The van der Waals surface area contributed by atoms with Crippen LogP contribution in [0.15, 0.2) is 11.9 Å². The molecule has 0 bridgehead atoms. The monoisotopic (exact) mass is 184 g/mol. The Balaban J connectivity index is 4.46. The van der Waals surface area contributed by atoms with E-state index in [1.54, 1.807) is 0 Å². The van der Waals surface area contributed by atoms with Crippen LogP contribution < -0.4 is 0 Å². The van der Waals surface area contributed by atoms with Gasteiger partial charge in [0.15, 0.2) is 0 Å². The van der Waals surface area contributed by atoms with Gasteiger partial charge in [0.25, 0.3) is 0 Å². The van der Waals surface area contributed by atoms with Gasteiger partial charge in [-0.3, -0.25) is 0 Å². The molecule has 0 rings (SSSR count). The molecule has 0 amide bonds. The fourth-order valence-electron chi connectivity index (χ4n) is 0.344. The van der Waals surface area contributed by atoms with Gasteiger partial charge in [-0.25, -0.2) is 9.18 Å². The lowest BCUT2D eigenvalue weighted by Gasteiger charge is -2.10. The van der Waals surface area contributed by atoms with E-state index in [-0.39, 0.29) is 6.08 Å². The van der Waals surface area contributed by atoms with Gasteiger partial charge < -0.3 is 9.47 Å². The van der Waals surface area contributed by atoms with E-state index in [0.29, 0.717) is 7.11 Å². The summed E-state index contributed by atoms with van der Waals surface area (Å²) in [6, 6.07) is 0. The molecule has 0 aliphatic rings. The van der Waals surface area contributed by atoms with E-state index in [1.165, 1.54) is 0 Å². The first-order chi connectivity index (χ1) is 5.44. The summed E-state index contributed by atoms with van der Waals surface area (Å²) in [5.41, 5.74) is 0. The van der Waals surface area contributed by atoms with Crippen molar-refractivity contribution in [2.45, 2.75) is 6.11 Å². The number of carbonyl (C=O) groups is 1. The Hall–Kier alpha value is -1.04. The van der Waals surface area contributed by atoms with E-state index < -0.39 is 17.9 Å². The van der Waals surface area contributed by atoms with Crippen LogP contribution in [0, 0.1) is 0 Å². The molecule has 0 atom stereocenters. The number of halogens is 3. The first kappa shape index (κ1) is 11.0. The third kappa shape index (κ3) is 2.91. The fourth-order valence-corrected chi connectivity index (χ4v) is 0.344. The molecule has 0 heterocycles. The molecule has 0 saturated carbocycles. The second kappa shape index (κ2) is 4.10. The van der Waals surface area contributed by atoms with Gasteiger partial charge in [0, 0.05) is 7.11 Å². The number of ether oxygens (including phenoxy) is 2. The van der Waals surface area contributed by atoms with Crippen LogP contribution in [-0.4, -0.2) is 26.3 Å². The third-order valence-corrected chi connectivity index (χ3v) is 0.980. The molecule has 0 aliphatic heterocycles. The maximum atomic E-state index is 12.3. The van der Waals surface area contributed by atoms with Gasteiger partial charge in [0.2, 0.25) is 5.83 Å². The van der Waals surface area contributed by atoms with Crippen LogP contribution in [0.2, 0.25) is 0 Å². The number of esters is 1. The van der Waals surface area contributed by atoms with Crippen LogP contribution in [0.25, 0.3) is 0 Å². The Labute approximate surface area is 66.8 Å². The zero-order valence-electron chi connectivity index (χ0n) is 6.44. The highest BCUT2D eigenvalue weighted by molar-refractivity contribution is 5.82. The number of hydrogen-bond donors (Lipinski definition) is 0. The van der Waals surface area contributed by atoms with E-state index in [1.807, 2.05) is 0 Å². The van der Waals surface area contributed by atoms with Crippen molar-refractivity contribution >= 4 is 5.97 Å². The van der Waals surface area contributed by atoms with E-state index in [2.05, 4.69) is 9.47 Å². The predicted molar refractivity (Wildman–Crippen MR) is 33.2 cm³/mol. The van der Waals surface area contributed by atoms with Gasteiger partial charge in [-0.2, -0.15) is 8.78 Å². The van der Waals surface area contributed by atoms with Crippen molar-refractivity contribution in [1.29, 1.82) is 0 Å². The zero-order chi connectivity index (χ0) is 9.78. The molecule has 0 N–H and O–H groups in total. The molecule has 3 nitrogen and oxygen atoms in total. The first-order valence-corrected chi connectivity index (χ1v) is 2.82. The molecule has 0 aliphatic carbocycles. The lowest BCUT2D eigenvalue weighted by Crippen LogP contribution is -2.20. The second-order valence-electron chi connectivity index (χ2n) is 1.74. The molecule has 0 saturated heterocycles. The first-order valence-electron chi connectivity index (χ1n) is 2.82. The Morgan fingerprint density at radius 2 is 1.92 bits per heavy atom. The molecular weight excluding hydrogens is 177 g/mol. The molecule has 6 heteroatoms. The van der Waals surface area contributed by atoms with Gasteiger partial charge in [-0.1, -0.05) is 0 Å². The Bertz CT molecular complexity index is 200. The lowest BCUT2D eigenvalue weighted by molar-refractivity contribution is -0.202. The van der Waals surface area contributed by atoms with Crippen LogP contribution >= 0.6 is 0 Å². The summed E-state index contributed by atoms with van der Waals surface area (Å²) in [6.07, 6.45) is -4.06. The van der Waals surface area contributed by atoms with Gasteiger partial charge in [0.1, 0.15) is 0 Å². The highest BCUT2D eigenvalue weighted by Gasteiger charge is 2.35. The van der Waals surface area contributed by atoms with E-state index in [9.17, 15) is 18.0 Å². The molecular formula is C6H7F3O3. The number of alkyl halides is 2. The van der Waals surface area contributed by atoms with Crippen LogP contribution in [0.1, 0.15) is 0 Å². The van der Waals surface area contributed by atoms with Gasteiger partial charge in [0.05, 0.1) is 13.2 Å². The summed E-state index contributed by atoms with van der Waals surface area (Å²) < 4.78 is 44.0. The second-order valence-corrected chi connectivity index (χ2v) is 1.74. The van der Waals surface area contributed by atoms with Crippen molar-refractivity contribution in [1.82, 2.24) is 0 Å². The van der Waals surface area contributed by atoms with Crippen molar-refractivity contribution in [3.63, 3.8) is 0 Å². The van der Waals surface area contributed by atoms with E-state index in [0.717, 1.165) is 7.11 Å². The lowest BCUT2D eigenvalue weighted by atomic mass is 10.4. The molecule has 0 spiro atoms. The summed E-state index contributed by atoms with van der Waals surface area (Å²) in [5.74, 6) is -3.19. The number of methoxy groups -OCH3 is 2. The standard InChI is InChI=1S/C6H7F3O3/c1-11-5(10)3-4(7)6(8,9)12-2/h3H,1-2H3. The normalized spacial score (nSPS) is 12.9. The summed E-state index contributed by atoms with van der Waals surface area (Å²) >= 11 is 0. The minimum atomic E-state index is -4.08. The fraction of sp³-hybridized carbons (Fsp3) is 0.500. The smallest absolute Gasteiger partial charge is 0.409 e. The topological polar surface area (TPSA) is 35.5 Å². The van der Waals surface area contributed by atoms with Crippen molar-refractivity contribution in [3.05, 3.63) is 11.9 Å². The van der Waals surface area contributed by atoms with Crippen LogP contribution in [0.4, 0.5) is 13.2 Å². The summed E-state index contributed by atoms with van der Waals surface area (Å²) in [4.78, 5) is 10.3. The zero-order valence-corrected chi connectivity index (χ0v) is 6.44. The minimum Gasteiger partial charge on any atom is -0.466 e. The number of rotatable bonds is 3. The molecule has 0 unspecified atom stereocenters. The van der Waals surface area contributed by atoms with Crippen LogP contribution in [0.5, 0.6) is 0 Å². The van der Waals surface area contributed by atoms with Crippen molar-refractivity contribution < 1.29 is 27.4 Å². The highest BCUT2D eigenvalue weighted by Crippen LogP contribution is 2.25. The summed E-state index contributed by atoms with van der Waals surface area (Å²) in [6.45, 7) is 0. The largest absolute Gasteiger partial charge is 0.466 e. The molecule has 70 valence electrons. The molecule has 0 aromatic rings. The average Bonchev–Trinajstić information content (AvgIpc) is 2.04. The van der Waals surface area contributed by atoms with Gasteiger partial charge in [-0.05, 0) is 0 Å². The summed E-state index contributed by atoms with van der Waals surface area (Å²) in [5, 5.41) is 0. The Morgan fingerprint density at radius 1 is 1.42 bits per heavy atom. The quantitative estimate of drug-likeness (QED) is 0.489. The highest BCUT2D eigenvalue weighted by atomic mass is 19.3. The van der Waals surface area contributed by atoms with Crippen LogP contribution in [-0.2, 0) is 14.3 Å². The Kier molecular flexibility index (Phi) is 3.75. The summed E-state index contributed by atoms with van der Waals surface area (Å²) in [7, 11) is 1.56. The van der Waals surface area contributed by atoms with Gasteiger partial charge in [-0.15, -0.1) is 0 Å². The molecule has 0 fully saturated rings. The molecule has 0 aromatic carbocycles. The van der Waals surface area contributed by atoms with E-state index >= 15 is 0 Å². The van der Waals surface area contributed by atoms with Crippen molar-refractivity contribution in [2.75, 3.05) is 14.2 Å². The maximum Gasteiger partial charge on any atom is 0.409 e. The molecule has 0 radical (unpaired) electrons. The molecule has 12 heavy (non-hydrogen) atoms. The average molecular weight is 184 g/mol. The van der Waals surface area contributed by atoms with Crippen molar-refractivity contribution in [2.24, 2.45) is 0 Å².